The SMILES string of the molecule is Cc1ccc(C=NC[C@H]2CN(c3ccc(NC(=O)CO)cc3)C(=O)O2)cc1. The fourth-order valence-corrected chi connectivity index (χ4v) is 2.68. The van der Waals surface area contributed by atoms with E-state index >= 15 is 0 Å². The zero-order valence-electron chi connectivity index (χ0n) is 15.0. The first-order chi connectivity index (χ1) is 13.0. The van der Waals surface area contributed by atoms with Crippen molar-refractivity contribution in [1.82, 2.24) is 0 Å². The lowest BCUT2D eigenvalue weighted by Crippen LogP contribution is -2.25. The Balaban J connectivity index is 1.56. The van der Waals surface area contributed by atoms with Gasteiger partial charge in [-0.05, 0) is 36.8 Å². The van der Waals surface area contributed by atoms with Gasteiger partial charge in [-0.3, -0.25) is 14.7 Å². The molecule has 7 heteroatoms. The third-order valence-corrected chi connectivity index (χ3v) is 4.11. The van der Waals surface area contributed by atoms with Crippen LogP contribution in [0.1, 0.15) is 11.1 Å². The summed E-state index contributed by atoms with van der Waals surface area (Å²) in [6, 6.07) is 14.8. The first-order valence-corrected chi connectivity index (χ1v) is 8.60. The molecule has 0 bridgehead atoms. The lowest BCUT2D eigenvalue weighted by molar-refractivity contribution is -0.118. The molecule has 1 aliphatic heterocycles. The van der Waals surface area contributed by atoms with Gasteiger partial charge in [-0.15, -0.1) is 0 Å². The number of aliphatic hydroxyl groups is 1. The Morgan fingerprint density at radius 1 is 1.26 bits per heavy atom. The normalized spacial score (nSPS) is 16.6. The smallest absolute Gasteiger partial charge is 0.414 e. The summed E-state index contributed by atoms with van der Waals surface area (Å²) in [6.07, 6.45) is 1.04. The Hall–Kier alpha value is -3.19. The standard InChI is InChI=1S/C20H21N3O4/c1-14-2-4-15(5-3-14)10-21-11-18-12-23(20(26)27-18)17-8-6-16(7-9-17)22-19(25)13-24/h2-10,18,24H,11-13H2,1H3,(H,22,25)/t18-/m0/s1. The van der Waals surface area contributed by atoms with Crippen LogP contribution in [-0.2, 0) is 9.53 Å². The van der Waals surface area contributed by atoms with Crippen molar-refractivity contribution >= 4 is 29.6 Å². The summed E-state index contributed by atoms with van der Waals surface area (Å²) < 4.78 is 5.37. The van der Waals surface area contributed by atoms with Crippen molar-refractivity contribution in [2.24, 2.45) is 4.99 Å². The molecule has 0 aliphatic carbocycles. The maximum absolute atomic E-state index is 12.1. The Morgan fingerprint density at radius 3 is 2.63 bits per heavy atom. The number of ether oxygens (including phenoxy) is 1. The van der Waals surface area contributed by atoms with Crippen LogP contribution in [0.2, 0.25) is 0 Å². The van der Waals surface area contributed by atoms with E-state index in [1.807, 2.05) is 31.2 Å². The number of carbonyl (C=O) groups excluding carboxylic acids is 2. The molecule has 2 aromatic rings. The van der Waals surface area contributed by atoms with Crippen molar-refractivity contribution in [3.05, 3.63) is 59.7 Å². The average molecular weight is 367 g/mol. The minimum atomic E-state index is -0.578. The van der Waals surface area contributed by atoms with E-state index in [2.05, 4.69) is 10.3 Å². The quantitative estimate of drug-likeness (QED) is 0.767. The molecule has 7 nitrogen and oxygen atoms in total. The van der Waals surface area contributed by atoms with Crippen molar-refractivity contribution < 1.29 is 19.4 Å². The van der Waals surface area contributed by atoms with Gasteiger partial charge in [-0.2, -0.15) is 0 Å². The van der Waals surface area contributed by atoms with E-state index in [1.165, 1.54) is 10.5 Å². The second-order valence-corrected chi connectivity index (χ2v) is 6.27. The van der Waals surface area contributed by atoms with Gasteiger partial charge in [-0.25, -0.2) is 4.79 Å². The van der Waals surface area contributed by atoms with Gasteiger partial charge in [-0.1, -0.05) is 29.8 Å². The van der Waals surface area contributed by atoms with Crippen molar-refractivity contribution in [3.63, 3.8) is 0 Å². The largest absolute Gasteiger partial charge is 0.442 e. The molecule has 0 spiro atoms. The molecule has 1 saturated heterocycles. The van der Waals surface area contributed by atoms with Crippen LogP contribution >= 0.6 is 0 Å². The summed E-state index contributed by atoms with van der Waals surface area (Å²) >= 11 is 0. The molecule has 1 heterocycles. The highest BCUT2D eigenvalue weighted by Crippen LogP contribution is 2.23. The van der Waals surface area contributed by atoms with Gasteiger partial charge in [0, 0.05) is 17.6 Å². The van der Waals surface area contributed by atoms with Crippen LogP contribution in [0.15, 0.2) is 53.5 Å². The molecule has 140 valence electrons. The summed E-state index contributed by atoms with van der Waals surface area (Å²) in [5.41, 5.74) is 3.41. The van der Waals surface area contributed by atoms with Gasteiger partial charge in [0.05, 0.1) is 13.1 Å². The second-order valence-electron chi connectivity index (χ2n) is 6.27. The molecule has 0 aromatic heterocycles. The van der Waals surface area contributed by atoms with Crippen LogP contribution < -0.4 is 10.2 Å². The van der Waals surface area contributed by atoms with Gasteiger partial charge in [0.2, 0.25) is 5.91 Å². The third kappa shape index (κ3) is 4.92. The highest BCUT2D eigenvalue weighted by Gasteiger charge is 2.31. The predicted octanol–water partition coefficient (Wildman–Crippen LogP) is 2.37. The monoisotopic (exact) mass is 367 g/mol. The number of nitrogens with one attached hydrogen (secondary N) is 1. The number of aliphatic imine (C=N–C) groups is 1. The van der Waals surface area contributed by atoms with Gasteiger partial charge in [0.25, 0.3) is 0 Å². The number of benzene rings is 2. The van der Waals surface area contributed by atoms with Gasteiger partial charge >= 0.3 is 6.09 Å². The summed E-state index contributed by atoms with van der Waals surface area (Å²) in [5, 5.41) is 11.3. The van der Waals surface area contributed by atoms with E-state index in [-0.39, 0.29) is 6.10 Å². The van der Waals surface area contributed by atoms with E-state index < -0.39 is 18.6 Å². The van der Waals surface area contributed by atoms with Gasteiger partial charge < -0.3 is 15.2 Å². The first kappa shape index (κ1) is 18.6. The van der Waals surface area contributed by atoms with E-state index in [9.17, 15) is 9.59 Å². The molecule has 1 atom stereocenters. The molecule has 0 saturated carbocycles. The lowest BCUT2D eigenvalue weighted by Gasteiger charge is -2.13. The van der Waals surface area contributed by atoms with Crippen LogP contribution in [-0.4, -0.2) is 49.1 Å². The van der Waals surface area contributed by atoms with Gasteiger partial charge in [0.1, 0.15) is 12.7 Å². The molecule has 3 rings (SSSR count). The molecule has 2 aromatic carbocycles. The van der Waals surface area contributed by atoms with Crippen LogP contribution in [0, 0.1) is 6.92 Å². The number of aliphatic hydroxyl groups excluding tert-OH is 1. The Morgan fingerprint density at radius 2 is 1.96 bits per heavy atom. The zero-order chi connectivity index (χ0) is 19.2. The van der Waals surface area contributed by atoms with Crippen molar-refractivity contribution in [1.29, 1.82) is 0 Å². The zero-order valence-corrected chi connectivity index (χ0v) is 15.0. The van der Waals surface area contributed by atoms with Crippen LogP contribution in [0.4, 0.5) is 16.2 Å². The molecule has 0 unspecified atom stereocenters. The minimum Gasteiger partial charge on any atom is -0.442 e. The van der Waals surface area contributed by atoms with E-state index in [1.54, 1.807) is 30.5 Å². The highest BCUT2D eigenvalue weighted by atomic mass is 16.6. The minimum absolute atomic E-state index is 0.312. The molecule has 1 aliphatic rings. The molecular weight excluding hydrogens is 346 g/mol. The van der Waals surface area contributed by atoms with Crippen molar-refractivity contribution in [3.8, 4) is 0 Å². The van der Waals surface area contributed by atoms with Gasteiger partial charge in [0.15, 0.2) is 0 Å². The van der Waals surface area contributed by atoms with E-state index in [0.29, 0.717) is 24.5 Å². The fraction of sp³-hybridized carbons (Fsp3) is 0.250. The number of hydrogen-bond donors (Lipinski definition) is 2. The lowest BCUT2D eigenvalue weighted by atomic mass is 10.2. The predicted molar refractivity (Wildman–Crippen MR) is 103 cm³/mol. The number of cyclic esters (lactones) is 1. The number of hydrogen-bond acceptors (Lipinski definition) is 5. The number of rotatable bonds is 6. The number of nitrogens with zero attached hydrogens (tertiary/aromatic N) is 2. The Kier molecular flexibility index (Phi) is 5.83. The maximum atomic E-state index is 12.1. The van der Waals surface area contributed by atoms with E-state index in [4.69, 9.17) is 9.84 Å². The van der Waals surface area contributed by atoms with Crippen molar-refractivity contribution in [2.75, 3.05) is 29.9 Å². The molecular formula is C20H21N3O4. The topological polar surface area (TPSA) is 91.2 Å². The summed E-state index contributed by atoms with van der Waals surface area (Å²) in [4.78, 5) is 29.2. The number of carbonyl (C=O) groups is 2. The number of amides is 2. The molecule has 1 fully saturated rings. The van der Waals surface area contributed by atoms with Crippen LogP contribution in [0.3, 0.4) is 0 Å². The fourth-order valence-electron chi connectivity index (χ4n) is 2.68. The summed E-state index contributed by atoms with van der Waals surface area (Å²) in [5.74, 6) is -0.491. The third-order valence-electron chi connectivity index (χ3n) is 4.11. The van der Waals surface area contributed by atoms with E-state index in [0.717, 1.165) is 5.56 Å². The summed E-state index contributed by atoms with van der Waals surface area (Å²) in [6.45, 7) is 2.25. The maximum Gasteiger partial charge on any atom is 0.414 e. The van der Waals surface area contributed by atoms with Crippen LogP contribution in [0.5, 0.6) is 0 Å². The second kappa shape index (κ2) is 8.46. The molecule has 0 radical (unpaired) electrons. The van der Waals surface area contributed by atoms with Crippen LogP contribution in [0.25, 0.3) is 0 Å². The average Bonchev–Trinajstić information content (AvgIpc) is 3.04. The Bertz CT molecular complexity index is 831. The number of anilines is 2. The highest BCUT2D eigenvalue weighted by molar-refractivity contribution is 5.93. The van der Waals surface area contributed by atoms with Crippen molar-refractivity contribution in [2.45, 2.75) is 13.0 Å². The summed E-state index contributed by atoms with van der Waals surface area (Å²) in [7, 11) is 0. The number of aryl methyl sites for hydroxylation is 1. The molecule has 2 amide bonds. The molecule has 27 heavy (non-hydrogen) atoms. The first-order valence-electron chi connectivity index (χ1n) is 8.60. The Labute approximate surface area is 157 Å². The molecule has 2 N–H and O–H groups in total.